The summed E-state index contributed by atoms with van der Waals surface area (Å²) < 4.78 is 0. The minimum absolute atomic E-state index is 0.163. The highest BCUT2D eigenvalue weighted by Crippen LogP contribution is 2.32. The lowest BCUT2D eigenvalue weighted by molar-refractivity contribution is -0.117. The van der Waals surface area contributed by atoms with Gasteiger partial charge in [0.15, 0.2) is 0 Å². The molecule has 0 saturated heterocycles. The molecule has 1 amide bonds. The number of rotatable bonds is 2. The predicted octanol–water partition coefficient (Wildman–Crippen LogP) is 2.91. The molecular formula is C16H16N2O. The highest BCUT2D eigenvalue weighted by molar-refractivity contribution is 6.01. The lowest BCUT2D eigenvalue weighted by atomic mass is 10.0. The van der Waals surface area contributed by atoms with Gasteiger partial charge in [0.1, 0.15) is 0 Å². The van der Waals surface area contributed by atoms with Crippen molar-refractivity contribution >= 4 is 17.3 Å². The van der Waals surface area contributed by atoms with Crippen molar-refractivity contribution in [3.05, 3.63) is 48.0 Å². The van der Waals surface area contributed by atoms with E-state index in [2.05, 4.69) is 29.6 Å². The maximum absolute atomic E-state index is 11.7. The van der Waals surface area contributed by atoms with E-state index < -0.39 is 0 Å². The lowest BCUT2D eigenvalue weighted by Crippen LogP contribution is -2.20. The van der Waals surface area contributed by atoms with E-state index in [-0.39, 0.29) is 5.91 Å². The molecule has 2 aromatic rings. The Labute approximate surface area is 112 Å². The zero-order valence-corrected chi connectivity index (χ0v) is 11.1. The average molecular weight is 252 g/mol. The lowest BCUT2D eigenvalue weighted by Gasteiger charge is -2.11. The first-order chi connectivity index (χ1) is 9.19. The summed E-state index contributed by atoms with van der Waals surface area (Å²) in [5, 5.41) is 3.14. The molecule has 0 atom stereocenters. The van der Waals surface area contributed by atoms with Gasteiger partial charge in [-0.1, -0.05) is 18.2 Å². The van der Waals surface area contributed by atoms with Crippen molar-refractivity contribution in [2.75, 3.05) is 24.3 Å². The summed E-state index contributed by atoms with van der Waals surface area (Å²) in [4.78, 5) is 13.4. The maximum Gasteiger partial charge on any atom is 0.231 e. The number of carbonyl (C=O) groups excluding carboxylic acids is 1. The molecule has 0 aliphatic carbocycles. The summed E-state index contributed by atoms with van der Waals surface area (Å²) in [7, 11) is 3.74. The van der Waals surface area contributed by atoms with E-state index in [0.717, 1.165) is 28.1 Å². The molecule has 2 aromatic carbocycles. The molecule has 1 aliphatic rings. The second-order valence-electron chi connectivity index (χ2n) is 4.80. The summed E-state index contributed by atoms with van der Waals surface area (Å²) in [5.41, 5.74) is 5.54. The number of benzene rings is 2. The molecule has 0 fully saturated rings. The Morgan fingerprint density at radius 2 is 1.89 bits per heavy atom. The second-order valence-corrected chi connectivity index (χ2v) is 4.80. The van der Waals surface area contributed by atoms with E-state index in [0.29, 0.717) is 6.42 Å². The smallest absolute Gasteiger partial charge is 0.231 e. The van der Waals surface area contributed by atoms with Crippen LogP contribution in [0.1, 0.15) is 5.56 Å². The summed E-state index contributed by atoms with van der Waals surface area (Å²) in [6, 6.07) is 14.5. The van der Waals surface area contributed by atoms with Crippen LogP contribution in [0.5, 0.6) is 0 Å². The van der Waals surface area contributed by atoms with Crippen LogP contribution >= 0.6 is 0 Å². The van der Waals surface area contributed by atoms with Gasteiger partial charge in [-0.15, -0.1) is 0 Å². The van der Waals surface area contributed by atoms with Crippen LogP contribution in [0.3, 0.4) is 0 Å². The van der Waals surface area contributed by atoms with Crippen molar-refractivity contribution < 1.29 is 4.79 Å². The fourth-order valence-electron chi connectivity index (χ4n) is 2.50. The third kappa shape index (κ3) is 1.97. The van der Waals surface area contributed by atoms with Crippen LogP contribution < -0.4 is 10.2 Å². The SMILES string of the molecule is CNc1cccc(-c2ccc3c(c2)CC(=O)N3C)c1. The quantitative estimate of drug-likeness (QED) is 0.891. The number of anilines is 2. The van der Waals surface area contributed by atoms with Gasteiger partial charge in [0.25, 0.3) is 0 Å². The first kappa shape index (κ1) is 11.8. The maximum atomic E-state index is 11.7. The van der Waals surface area contributed by atoms with Crippen molar-refractivity contribution in [1.29, 1.82) is 0 Å². The minimum atomic E-state index is 0.163. The van der Waals surface area contributed by atoms with E-state index in [1.54, 1.807) is 4.90 Å². The molecule has 0 unspecified atom stereocenters. The molecule has 1 N–H and O–H groups in total. The Hall–Kier alpha value is -2.29. The summed E-state index contributed by atoms with van der Waals surface area (Å²) >= 11 is 0. The zero-order chi connectivity index (χ0) is 13.4. The van der Waals surface area contributed by atoms with Gasteiger partial charge in [0, 0.05) is 25.5 Å². The largest absolute Gasteiger partial charge is 0.388 e. The highest BCUT2D eigenvalue weighted by Gasteiger charge is 2.23. The summed E-state index contributed by atoms with van der Waals surface area (Å²) in [6.45, 7) is 0. The first-order valence-electron chi connectivity index (χ1n) is 6.37. The van der Waals surface area contributed by atoms with Gasteiger partial charge in [0.2, 0.25) is 5.91 Å². The Kier molecular flexibility index (Phi) is 2.75. The molecule has 0 bridgehead atoms. The van der Waals surface area contributed by atoms with Gasteiger partial charge < -0.3 is 10.2 Å². The summed E-state index contributed by atoms with van der Waals surface area (Å²) in [6.07, 6.45) is 0.505. The number of nitrogens with zero attached hydrogens (tertiary/aromatic N) is 1. The fourth-order valence-corrected chi connectivity index (χ4v) is 2.50. The molecule has 0 aromatic heterocycles. The minimum Gasteiger partial charge on any atom is -0.388 e. The Bertz CT molecular complexity index is 649. The Morgan fingerprint density at radius 1 is 1.11 bits per heavy atom. The van der Waals surface area contributed by atoms with Crippen molar-refractivity contribution in [1.82, 2.24) is 0 Å². The third-order valence-corrected chi connectivity index (χ3v) is 3.64. The van der Waals surface area contributed by atoms with Gasteiger partial charge in [0.05, 0.1) is 6.42 Å². The molecule has 19 heavy (non-hydrogen) atoms. The van der Waals surface area contributed by atoms with Crippen molar-refractivity contribution in [2.24, 2.45) is 0 Å². The Morgan fingerprint density at radius 3 is 2.68 bits per heavy atom. The Balaban J connectivity index is 2.03. The molecule has 96 valence electrons. The van der Waals surface area contributed by atoms with Gasteiger partial charge in [-0.25, -0.2) is 0 Å². The number of likely N-dealkylation sites (N-methyl/N-ethyl adjacent to an activating group) is 1. The van der Waals surface area contributed by atoms with Crippen LogP contribution in [-0.4, -0.2) is 20.0 Å². The molecule has 0 radical (unpaired) electrons. The van der Waals surface area contributed by atoms with Crippen molar-refractivity contribution in [3.63, 3.8) is 0 Å². The van der Waals surface area contributed by atoms with Crippen LogP contribution in [0.2, 0.25) is 0 Å². The van der Waals surface area contributed by atoms with E-state index in [4.69, 9.17) is 0 Å². The molecule has 3 nitrogen and oxygen atoms in total. The van der Waals surface area contributed by atoms with Crippen molar-refractivity contribution in [3.8, 4) is 11.1 Å². The second kappa shape index (κ2) is 4.43. The molecule has 1 aliphatic heterocycles. The number of carbonyl (C=O) groups is 1. The fraction of sp³-hybridized carbons (Fsp3) is 0.188. The van der Waals surface area contributed by atoms with Crippen LogP contribution in [-0.2, 0) is 11.2 Å². The molecule has 3 rings (SSSR count). The monoisotopic (exact) mass is 252 g/mol. The van der Waals surface area contributed by atoms with Crippen LogP contribution in [0.4, 0.5) is 11.4 Å². The molecule has 1 heterocycles. The molecular weight excluding hydrogens is 236 g/mol. The normalized spacial score (nSPS) is 13.6. The van der Waals surface area contributed by atoms with E-state index >= 15 is 0 Å². The highest BCUT2D eigenvalue weighted by atomic mass is 16.2. The van der Waals surface area contributed by atoms with Gasteiger partial charge in [-0.05, 0) is 41.0 Å². The molecule has 0 spiro atoms. The van der Waals surface area contributed by atoms with Gasteiger partial charge in [-0.3, -0.25) is 4.79 Å². The molecule has 3 heteroatoms. The topological polar surface area (TPSA) is 32.3 Å². The van der Waals surface area contributed by atoms with Crippen LogP contribution in [0.25, 0.3) is 11.1 Å². The zero-order valence-electron chi connectivity index (χ0n) is 11.1. The average Bonchev–Trinajstić information content (AvgIpc) is 2.73. The van der Waals surface area contributed by atoms with E-state index in [1.165, 1.54) is 0 Å². The summed E-state index contributed by atoms with van der Waals surface area (Å²) in [5.74, 6) is 0.163. The number of fused-ring (bicyclic) bond motifs is 1. The number of nitrogens with one attached hydrogen (secondary N) is 1. The van der Waals surface area contributed by atoms with Gasteiger partial charge >= 0.3 is 0 Å². The van der Waals surface area contributed by atoms with Crippen molar-refractivity contribution in [2.45, 2.75) is 6.42 Å². The van der Waals surface area contributed by atoms with E-state index in [9.17, 15) is 4.79 Å². The first-order valence-corrected chi connectivity index (χ1v) is 6.37. The van der Waals surface area contributed by atoms with Crippen LogP contribution in [0.15, 0.2) is 42.5 Å². The number of hydrogen-bond donors (Lipinski definition) is 1. The van der Waals surface area contributed by atoms with E-state index in [1.807, 2.05) is 32.3 Å². The van der Waals surface area contributed by atoms with Crippen LogP contribution in [0, 0.1) is 0 Å². The predicted molar refractivity (Wildman–Crippen MR) is 78.5 cm³/mol. The third-order valence-electron chi connectivity index (χ3n) is 3.64. The van der Waals surface area contributed by atoms with Gasteiger partial charge in [-0.2, -0.15) is 0 Å². The number of hydrogen-bond acceptors (Lipinski definition) is 2. The number of amides is 1. The standard InChI is InChI=1S/C16H16N2O/c1-17-14-5-3-4-11(9-14)12-6-7-15-13(8-12)10-16(19)18(15)2/h3-9,17H,10H2,1-2H3. The molecule has 0 saturated carbocycles.